The van der Waals surface area contributed by atoms with E-state index in [0.29, 0.717) is 50.4 Å². The quantitative estimate of drug-likeness (QED) is 0.482. The Morgan fingerprint density at radius 3 is 2.55 bits per heavy atom. The molecule has 1 saturated heterocycles. The van der Waals surface area contributed by atoms with Gasteiger partial charge in [0.2, 0.25) is 5.91 Å². The molecular formula is C25H34N4O4. The maximum absolute atomic E-state index is 13.2. The first kappa shape index (κ1) is 24.5. The summed E-state index contributed by atoms with van der Waals surface area (Å²) in [6, 6.07) is 6.90. The number of ether oxygens (including phenoxy) is 1. The minimum absolute atomic E-state index is 0.144. The molecule has 2 aliphatic rings. The average molecular weight is 455 g/mol. The number of carbonyl (C=O) groups excluding carboxylic acids is 3. The van der Waals surface area contributed by atoms with Crippen molar-refractivity contribution in [2.75, 3.05) is 45.9 Å². The van der Waals surface area contributed by atoms with Crippen LogP contribution in [0.25, 0.3) is 0 Å². The fourth-order valence-electron chi connectivity index (χ4n) is 4.34. The highest BCUT2D eigenvalue weighted by Gasteiger charge is 2.38. The zero-order valence-electron chi connectivity index (χ0n) is 19.8. The van der Waals surface area contributed by atoms with E-state index in [4.69, 9.17) is 4.74 Å². The maximum Gasteiger partial charge on any atom is 0.338 e. The van der Waals surface area contributed by atoms with E-state index in [2.05, 4.69) is 16.8 Å². The lowest BCUT2D eigenvalue weighted by atomic mass is 9.93. The molecule has 3 rings (SSSR count). The Kier molecular flexibility index (Phi) is 8.27. The van der Waals surface area contributed by atoms with Crippen LogP contribution in [0.5, 0.6) is 0 Å². The molecule has 2 heterocycles. The van der Waals surface area contributed by atoms with Gasteiger partial charge < -0.3 is 15.0 Å². The van der Waals surface area contributed by atoms with Gasteiger partial charge >= 0.3 is 12.0 Å². The summed E-state index contributed by atoms with van der Waals surface area (Å²) in [6.45, 7) is 12.9. The number of piperazine rings is 1. The second-order valence-corrected chi connectivity index (χ2v) is 8.29. The highest BCUT2D eigenvalue weighted by atomic mass is 16.5. The van der Waals surface area contributed by atoms with Crippen molar-refractivity contribution < 1.29 is 19.1 Å². The summed E-state index contributed by atoms with van der Waals surface area (Å²) in [5, 5.41) is 2.99. The van der Waals surface area contributed by atoms with Gasteiger partial charge in [0.15, 0.2) is 0 Å². The number of nitrogens with zero attached hydrogens (tertiary/aromatic N) is 3. The number of aryl methyl sites for hydroxylation is 1. The van der Waals surface area contributed by atoms with E-state index in [0.717, 1.165) is 11.1 Å². The average Bonchev–Trinajstić information content (AvgIpc) is 2.81. The summed E-state index contributed by atoms with van der Waals surface area (Å²) in [7, 11) is 0. The number of rotatable bonds is 8. The molecule has 0 aromatic heterocycles. The molecule has 2 aliphatic heterocycles. The summed E-state index contributed by atoms with van der Waals surface area (Å²) < 4.78 is 5.44. The number of amides is 3. The van der Waals surface area contributed by atoms with E-state index in [1.54, 1.807) is 17.9 Å². The molecule has 178 valence electrons. The van der Waals surface area contributed by atoms with Crippen molar-refractivity contribution in [2.24, 2.45) is 0 Å². The first-order chi connectivity index (χ1) is 15.9. The van der Waals surface area contributed by atoms with Crippen molar-refractivity contribution in [3.05, 3.63) is 59.3 Å². The molecule has 1 unspecified atom stereocenters. The lowest BCUT2D eigenvalue weighted by molar-refractivity contribution is -0.139. The van der Waals surface area contributed by atoms with Gasteiger partial charge in [-0.3, -0.25) is 14.6 Å². The molecule has 0 aliphatic carbocycles. The van der Waals surface area contributed by atoms with E-state index in [1.807, 2.05) is 43.0 Å². The van der Waals surface area contributed by atoms with E-state index in [9.17, 15) is 14.4 Å². The molecule has 8 nitrogen and oxygen atoms in total. The zero-order chi connectivity index (χ0) is 24.0. The Labute approximate surface area is 195 Å². The fraction of sp³-hybridized carbons (Fsp3) is 0.480. The third kappa shape index (κ3) is 5.63. The fourth-order valence-corrected chi connectivity index (χ4v) is 4.34. The second-order valence-electron chi connectivity index (χ2n) is 8.29. The monoisotopic (exact) mass is 454 g/mol. The predicted octanol–water partition coefficient (Wildman–Crippen LogP) is 2.62. The SMILES string of the molecule is C=CCN1C(=O)NC(c2cccc(C)c2)C(C(=O)OCC)=C1CN1CCN(C(=O)CC)CC1. The molecule has 8 heteroatoms. The lowest BCUT2D eigenvalue weighted by Crippen LogP contribution is -2.53. The molecule has 1 aromatic carbocycles. The minimum atomic E-state index is -0.601. The lowest BCUT2D eigenvalue weighted by Gasteiger charge is -2.40. The van der Waals surface area contributed by atoms with Crippen LogP contribution in [-0.4, -0.2) is 78.5 Å². The molecule has 1 fully saturated rings. The number of carbonyl (C=O) groups is 3. The van der Waals surface area contributed by atoms with Gasteiger partial charge in [-0.25, -0.2) is 9.59 Å². The number of nitrogens with one attached hydrogen (secondary N) is 1. The molecule has 1 atom stereocenters. The van der Waals surface area contributed by atoms with Gasteiger partial charge in [-0.1, -0.05) is 42.8 Å². The Morgan fingerprint density at radius 1 is 1.21 bits per heavy atom. The zero-order valence-corrected chi connectivity index (χ0v) is 19.8. The van der Waals surface area contributed by atoms with Crippen LogP contribution in [0.15, 0.2) is 48.2 Å². The summed E-state index contributed by atoms with van der Waals surface area (Å²) in [5.74, 6) is -0.293. The number of hydrogen-bond acceptors (Lipinski definition) is 5. The Hall–Kier alpha value is -3.13. The molecule has 0 saturated carbocycles. The van der Waals surface area contributed by atoms with E-state index >= 15 is 0 Å². The van der Waals surface area contributed by atoms with Crippen molar-refractivity contribution in [1.82, 2.24) is 20.0 Å². The van der Waals surface area contributed by atoms with Crippen LogP contribution in [0.1, 0.15) is 37.4 Å². The van der Waals surface area contributed by atoms with Crippen LogP contribution < -0.4 is 5.32 Å². The van der Waals surface area contributed by atoms with Crippen LogP contribution in [0, 0.1) is 6.92 Å². The van der Waals surface area contributed by atoms with Gasteiger partial charge in [0.1, 0.15) is 0 Å². The first-order valence-electron chi connectivity index (χ1n) is 11.5. The van der Waals surface area contributed by atoms with Crippen LogP contribution in [0.4, 0.5) is 4.79 Å². The number of benzene rings is 1. The summed E-state index contributed by atoms with van der Waals surface area (Å²) in [4.78, 5) is 44.0. The minimum Gasteiger partial charge on any atom is -0.463 e. The van der Waals surface area contributed by atoms with Gasteiger partial charge in [0.25, 0.3) is 0 Å². The maximum atomic E-state index is 13.2. The van der Waals surface area contributed by atoms with Crippen molar-refractivity contribution in [3.63, 3.8) is 0 Å². The molecule has 0 bridgehead atoms. The van der Waals surface area contributed by atoms with E-state index < -0.39 is 12.0 Å². The van der Waals surface area contributed by atoms with Crippen LogP contribution in [0.2, 0.25) is 0 Å². The van der Waals surface area contributed by atoms with Crippen molar-refractivity contribution in [1.29, 1.82) is 0 Å². The number of hydrogen-bond donors (Lipinski definition) is 1. The van der Waals surface area contributed by atoms with E-state index in [-0.39, 0.29) is 25.1 Å². The van der Waals surface area contributed by atoms with Crippen molar-refractivity contribution >= 4 is 17.9 Å². The summed E-state index contributed by atoms with van der Waals surface area (Å²) in [5.41, 5.74) is 2.94. The third-order valence-electron chi connectivity index (χ3n) is 6.02. The topological polar surface area (TPSA) is 82.2 Å². The van der Waals surface area contributed by atoms with Gasteiger partial charge in [0, 0.05) is 51.4 Å². The molecule has 1 N–H and O–H groups in total. The van der Waals surface area contributed by atoms with Gasteiger partial charge in [-0.2, -0.15) is 0 Å². The molecule has 3 amide bonds. The molecule has 0 radical (unpaired) electrons. The summed E-state index contributed by atoms with van der Waals surface area (Å²) >= 11 is 0. The largest absolute Gasteiger partial charge is 0.463 e. The van der Waals surface area contributed by atoms with Crippen molar-refractivity contribution in [2.45, 2.75) is 33.2 Å². The predicted molar refractivity (Wildman–Crippen MR) is 126 cm³/mol. The molecule has 1 aromatic rings. The third-order valence-corrected chi connectivity index (χ3v) is 6.02. The Bertz CT molecular complexity index is 934. The van der Waals surface area contributed by atoms with Gasteiger partial charge in [-0.05, 0) is 19.4 Å². The Balaban J connectivity index is 2.00. The number of esters is 1. The van der Waals surface area contributed by atoms with Crippen LogP contribution in [0.3, 0.4) is 0 Å². The van der Waals surface area contributed by atoms with E-state index in [1.165, 1.54) is 0 Å². The first-order valence-corrected chi connectivity index (χ1v) is 11.5. The molecule has 33 heavy (non-hydrogen) atoms. The highest BCUT2D eigenvalue weighted by Crippen LogP contribution is 2.32. The van der Waals surface area contributed by atoms with Gasteiger partial charge in [0.05, 0.1) is 18.2 Å². The van der Waals surface area contributed by atoms with Crippen LogP contribution >= 0.6 is 0 Å². The smallest absolute Gasteiger partial charge is 0.338 e. The normalized spacial score (nSPS) is 19.4. The second kappa shape index (κ2) is 11.1. The molecule has 0 spiro atoms. The summed E-state index contributed by atoms with van der Waals surface area (Å²) in [6.07, 6.45) is 2.14. The Morgan fingerprint density at radius 2 is 1.94 bits per heavy atom. The highest BCUT2D eigenvalue weighted by molar-refractivity contribution is 5.95. The van der Waals surface area contributed by atoms with Crippen molar-refractivity contribution in [3.8, 4) is 0 Å². The molecular weight excluding hydrogens is 420 g/mol. The van der Waals surface area contributed by atoms with Gasteiger partial charge in [-0.15, -0.1) is 6.58 Å². The van der Waals surface area contributed by atoms with Crippen LogP contribution in [-0.2, 0) is 14.3 Å². The number of urea groups is 1. The standard InChI is InChI=1S/C25H34N4O4/c1-5-11-29-20(17-27-12-14-28(15-13-27)21(30)6-2)22(24(31)33-7-3)23(26-25(29)32)19-10-8-9-18(4)16-19/h5,8-10,16,23H,1,6-7,11-15,17H2,2-4H3,(H,26,32).